The summed E-state index contributed by atoms with van der Waals surface area (Å²) in [5, 5.41) is 157. The summed E-state index contributed by atoms with van der Waals surface area (Å²) in [7, 11) is 0. The maximum atomic E-state index is 11.8. The maximum absolute atomic E-state index is 11.8. The molecule has 23 nitrogen and oxygen atoms in total. The minimum atomic E-state index is -1.32. The van der Waals surface area contributed by atoms with Crippen molar-refractivity contribution in [3.63, 3.8) is 0 Å². The Kier molecular flexibility index (Phi) is 48.7. The van der Waals surface area contributed by atoms with Crippen LogP contribution in [0.2, 0.25) is 0 Å². The Bertz CT molecular complexity index is 2690. The number of carbonyl (C=O) groups excluding carboxylic acids is 4. The summed E-state index contributed by atoms with van der Waals surface area (Å²) in [6.07, 6.45) is 30.0. The summed E-state index contributed by atoms with van der Waals surface area (Å²) in [4.78, 5) is 46.6. The standard InChI is InChI=1S/C43H59NO10.C33H61NO11/c1-30(24-20-16-12-8-5-6-11-15-19-23-27-37(48)44-38-35(46)28-29-36(38)47)39(49)32(3)34(45)26-22-18-14-10-7-9-13-17-21-25-31(2)53-43-42(52)41(51)40(50)33(4)54-43;1-21(2)32(44)20-31(43)19-30(42)17-26(38)11-6-10-25(37)16-29(41)18-28(40)15-24(36)9-5-8-23(35)14-27(39)12-7-13-34-33(45)22(3)4/h5-11,13-15,17-24,26-27,30-34,39-43,45-46,49-52H,12,16,25,28-29H2,1-4H3,(H,44,48);5-6,9,11,21-31,35-43H,7-8,10,12-20H2,1-4H3,(H,34,45)/b8-5+,10-7+,11-6+,13-9+,18-14+,19-15+,21-17+,24-20+,26-22+,27-23+;9-5+,11-6+. The van der Waals surface area contributed by atoms with Crippen molar-refractivity contribution >= 4 is 23.4 Å². The lowest BCUT2D eigenvalue weighted by molar-refractivity contribution is -0.302. The number of aliphatic hydroxyl groups is 15. The highest BCUT2D eigenvalue weighted by Crippen LogP contribution is 2.25. The molecule has 1 saturated heterocycles. The third-order valence-corrected chi connectivity index (χ3v) is 16.1. The van der Waals surface area contributed by atoms with Crippen LogP contribution in [0.15, 0.2) is 157 Å². The molecule has 0 spiro atoms. The number of aliphatic hydroxyl groups excluding tert-OH is 15. The summed E-state index contributed by atoms with van der Waals surface area (Å²) < 4.78 is 11.1. The van der Waals surface area contributed by atoms with Crippen molar-refractivity contribution in [1.29, 1.82) is 0 Å². The molecule has 0 saturated carbocycles. The van der Waals surface area contributed by atoms with E-state index in [4.69, 9.17) is 9.47 Å². The number of hydrogen-bond donors (Lipinski definition) is 17. The molecule has 1 fully saturated rings. The normalized spacial score (nSPS) is 22.7. The van der Waals surface area contributed by atoms with Crippen LogP contribution in [0.1, 0.15) is 158 Å². The predicted octanol–water partition coefficient (Wildman–Crippen LogP) is 5.83. The van der Waals surface area contributed by atoms with Crippen molar-refractivity contribution in [2.24, 2.45) is 23.7 Å². The molecule has 0 aromatic heterocycles. The molecule has 2 rings (SSSR count). The molecule has 19 atom stereocenters. The van der Waals surface area contributed by atoms with Crippen LogP contribution in [0, 0.1) is 23.7 Å². The van der Waals surface area contributed by atoms with Crippen LogP contribution in [-0.4, -0.2) is 210 Å². The number of unbranched alkanes of at least 4 members (excludes halogenated alkanes) is 1. The van der Waals surface area contributed by atoms with Gasteiger partial charge in [-0.1, -0.05) is 181 Å². The summed E-state index contributed by atoms with van der Waals surface area (Å²) in [6.45, 7) is 14.7. The lowest BCUT2D eigenvalue weighted by Gasteiger charge is -2.39. The average molecular weight is 1400 g/mol. The van der Waals surface area contributed by atoms with Gasteiger partial charge in [-0.15, -0.1) is 0 Å². The Morgan fingerprint density at radius 1 is 0.535 bits per heavy atom. The van der Waals surface area contributed by atoms with Crippen LogP contribution in [-0.2, 0) is 28.7 Å². The number of Topliss-reactive ketones (excluding diaryl/α,β-unsaturated/α-hetero) is 2. The highest BCUT2D eigenvalue weighted by atomic mass is 16.7. The summed E-state index contributed by atoms with van der Waals surface area (Å²) in [6, 6.07) is 0. The van der Waals surface area contributed by atoms with E-state index in [0.29, 0.717) is 25.8 Å². The average Bonchev–Trinajstić information content (AvgIpc) is 1.27. The molecule has 2 aliphatic rings. The fraction of sp³-hybridized carbons (Fsp3) is 0.605. The minimum absolute atomic E-state index is 0.0185. The van der Waals surface area contributed by atoms with Gasteiger partial charge in [-0.05, 0) is 84.5 Å². The van der Waals surface area contributed by atoms with Crippen LogP contribution in [0.25, 0.3) is 0 Å². The van der Waals surface area contributed by atoms with Crippen LogP contribution in [0.3, 0.4) is 0 Å². The van der Waals surface area contributed by atoms with Gasteiger partial charge in [0.05, 0.1) is 79.4 Å². The lowest BCUT2D eigenvalue weighted by Crippen LogP contribution is -2.57. The number of ketones is 2. The van der Waals surface area contributed by atoms with Gasteiger partial charge in [0.2, 0.25) is 11.8 Å². The van der Waals surface area contributed by atoms with Crippen molar-refractivity contribution < 1.29 is 105 Å². The van der Waals surface area contributed by atoms with Gasteiger partial charge in [0.25, 0.3) is 0 Å². The zero-order chi connectivity index (χ0) is 74.4. The monoisotopic (exact) mass is 1400 g/mol. The maximum Gasteiger partial charge on any atom is 0.248 e. The number of carbonyl (C=O) groups is 4. The molecule has 99 heavy (non-hydrogen) atoms. The van der Waals surface area contributed by atoms with Crippen molar-refractivity contribution in [2.75, 3.05) is 6.54 Å². The number of hydrogen-bond acceptors (Lipinski definition) is 21. The fourth-order valence-electron chi connectivity index (χ4n) is 9.98. The second-order valence-corrected chi connectivity index (χ2v) is 26.2. The third-order valence-electron chi connectivity index (χ3n) is 16.1. The summed E-state index contributed by atoms with van der Waals surface area (Å²) in [5.41, 5.74) is -0.0185. The Balaban J connectivity index is 0.00000101. The molecule has 1 heterocycles. The molecule has 1 aliphatic heterocycles. The number of nitrogens with one attached hydrogen (secondary N) is 2. The molecule has 0 aromatic carbocycles. The Morgan fingerprint density at radius 2 is 1.04 bits per heavy atom. The SMILES string of the molecule is CC(C)C(=O)CC(O)CC(O)CC(O)/C=C/CC(O)CC(O)CC(O)CC(O)/C=C/CC(O)CC(O)CCCNC(=O)C(C)C.CC(C/C=C/C=C/C=C/C=C/C=C/C(O)C(C)C(O)C(C)/C=C/CC/C=C/C=C/C=C/C=C/C(=O)NC1=C(O)CCC1=O)OC1OC(C)C(O)C(O)C1O. The van der Waals surface area contributed by atoms with E-state index >= 15 is 0 Å². The molecule has 1 aliphatic carbocycles. The Labute approximate surface area is 586 Å². The van der Waals surface area contributed by atoms with Crippen molar-refractivity contribution in [3.05, 3.63) is 157 Å². The van der Waals surface area contributed by atoms with Gasteiger partial charge < -0.3 is 96.7 Å². The Morgan fingerprint density at radius 3 is 1.60 bits per heavy atom. The van der Waals surface area contributed by atoms with Crippen LogP contribution >= 0.6 is 0 Å². The molecular formula is C76H120N2O21. The number of ether oxygens (including phenoxy) is 2. The molecular weight excluding hydrogens is 1280 g/mol. The van der Waals surface area contributed by atoms with Crippen LogP contribution in [0.5, 0.6) is 0 Å². The minimum Gasteiger partial charge on any atom is -0.510 e. The third kappa shape index (κ3) is 43.5. The summed E-state index contributed by atoms with van der Waals surface area (Å²) in [5.74, 6) is -1.78. The molecule has 2 amide bonds. The van der Waals surface area contributed by atoms with Gasteiger partial charge in [0.1, 0.15) is 35.6 Å². The van der Waals surface area contributed by atoms with Crippen molar-refractivity contribution in [1.82, 2.24) is 10.6 Å². The second kappa shape index (κ2) is 53.0. The molecule has 0 aromatic rings. The van der Waals surface area contributed by atoms with E-state index in [1.165, 1.54) is 24.3 Å². The first-order chi connectivity index (χ1) is 46.8. The highest BCUT2D eigenvalue weighted by Gasteiger charge is 2.43. The largest absolute Gasteiger partial charge is 0.510 e. The van der Waals surface area contributed by atoms with Gasteiger partial charge in [0.15, 0.2) is 12.1 Å². The smallest absolute Gasteiger partial charge is 0.248 e. The quantitative estimate of drug-likeness (QED) is 0.0147. The van der Waals surface area contributed by atoms with E-state index in [0.717, 1.165) is 12.8 Å². The molecule has 0 radical (unpaired) electrons. The van der Waals surface area contributed by atoms with Gasteiger partial charge >= 0.3 is 0 Å². The number of allylic oxidation sites excluding steroid dienone is 18. The van der Waals surface area contributed by atoms with Crippen molar-refractivity contribution in [2.45, 2.75) is 262 Å². The van der Waals surface area contributed by atoms with Crippen LogP contribution in [0.4, 0.5) is 0 Å². The zero-order valence-corrected chi connectivity index (χ0v) is 59.2. The summed E-state index contributed by atoms with van der Waals surface area (Å²) >= 11 is 0. The van der Waals surface area contributed by atoms with E-state index < -0.39 is 104 Å². The van der Waals surface area contributed by atoms with Gasteiger partial charge in [-0.2, -0.15) is 0 Å². The van der Waals surface area contributed by atoms with Gasteiger partial charge in [-0.3, -0.25) is 19.2 Å². The van der Waals surface area contributed by atoms with Crippen LogP contribution < -0.4 is 10.6 Å². The molecule has 19 unspecified atom stereocenters. The molecule has 0 bridgehead atoms. The fourth-order valence-corrected chi connectivity index (χ4v) is 9.98. The molecule has 17 N–H and O–H groups in total. The van der Waals surface area contributed by atoms with E-state index in [9.17, 15) is 95.8 Å². The first kappa shape index (κ1) is 91.1. The van der Waals surface area contributed by atoms with Crippen molar-refractivity contribution in [3.8, 4) is 0 Å². The molecule has 23 heteroatoms. The topological polar surface area (TPSA) is 414 Å². The highest BCUT2D eigenvalue weighted by molar-refractivity contribution is 6.03. The van der Waals surface area contributed by atoms with Gasteiger partial charge in [-0.25, -0.2) is 0 Å². The van der Waals surface area contributed by atoms with E-state index in [1.54, 1.807) is 77.2 Å². The van der Waals surface area contributed by atoms with E-state index in [-0.39, 0.29) is 129 Å². The first-order valence-electron chi connectivity index (χ1n) is 34.7. The number of rotatable bonds is 47. The predicted molar refractivity (Wildman–Crippen MR) is 381 cm³/mol. The van der Waals surface area contributed by atoms with E-state index in [1.807, 2.05) is 99.8 Å². The molecule has 560 valence electrons. The zero-order valence-electron chi connectivity index (χ0n) is 59.2. The lowest BCUT2D eigenvalue weighted by atomic mass is 9.88. The first-order valence-corrected chi connectivity index (χ1v) is 34.7. The Hall–Kier alpha value is -5.94. The van der Waals surface area contributed by atoms with E-state index in [2.05, 4.69) is 10.6 Å². The van der Waals surface area contributed by atoms with Gasteiger partial charge in [0, 0.05) is 68.4 Å². The second-order valence-electron chi connectivity index (χ2n) is 26.2. The number of amides is 2.